The molecule has 0 aliphatic heterocycles. The summed E-state index contributed by atoms with van der Waals surface area (Å²) >= 11 is 3.76. The summed E-state index contributed by atoms with van der Waals surface area (Å²) in [4.78, 5) is 0. The van der Waals surface area contributed by atoms with Crippen LogP contribution in [0.1, 0.15) is 0 Å². The van der Waals surface area contributed by atoms with Gasteiger partial charge >= 0.3 is 0 Å². The molecular weight excluding hydrogens is 208 g/mol. The number of hydrogen-bond acceptors (Lipinski definition) is 5. The zero-order valence-corrected chi connectivity index (χ0v) is 9.54. The van der Waals surface area contributed by atoms with Gasteiger partial charge in [-0.25, -0.2) is 0 Å². The molecule has 0 saturated heterocycles. The molecule has 0 N–H and O–H groups in total. The lowest BCUT2D eigenvalue weighted by Gasteiger charge is -1.94. The van der Waals surface area contributed by atoms with Gasteiger partial charge in [0.15, 0.2) is 0 Å². The van der Waals surface area contributed by atoms with E-state index in [2.05, 4.69) is 12.5 Å². The molecule has 0 aliphatic carbocycles. The van der Waals surface area contributed by atoms with Gasteiger partial charge in [0.2, 0.25) is 0 Å². The van der Waals surface area contributed by atoms with Crippen molar-refractivity contribution >= 4 is 54.9 Å². The predicted molar refractivity (Wildman–Crippen MR) is 59.5 cm³/mol. The molecule has 0 fully saturated rings. The van der Waals surface area contributed by atoms with Crippen LogP contribution in [0.15, 0.2) is 0 Å². The SMILES string of the molecule is CSCSSSCSC. The second kappa shape index (κ2) is 9.75. The van der Waals surface area contributed by atoms with Gasteiger partial charge in [-0.3, -0.25) is 0 Å². The molecule has 0 rings (SSSR count). The summed E-state index contributed by atoms with van der Waals surface area (Å²) in [5, 5.41) is 2.40. The quantitative estimate of drug-likeness (QED) is 0.378. The van der Waals surface area contributed by atoms with Crippen LogP contribution >= 0.6 is 54.9 Å². The fourth-order valence-corrected chi connectivity index (χ4v) is 6.70. The number of thioether (sulfide) groups is 2. The van der Waals surface area contributed by atoms with Crippen molar-refractivity contribution in [2.75, 3.05) is 22.7 Å². The van der Waals surface area contributed by atoms with E-state index < -0.39 is 0 Å². The van der Waals surface area contributed by atoms with Crippen LogP contribution in [-0.4, -0.2) is 22.7 Å². The van der Waals surface area contributed by atoms with Crippen LogP contribution in [0.4, 0.5) is 0 Å². The van der Waals surface area contributed by atoms with Crippen LogP contribution in [0, 0.1) is 0 Å². The van der Waals surface area contributed by atoms with Gasteiger partial charge in [-0.05, 0) is 22.3 Å². The van der Waals surface area contributed by atoms with E-state index in [0.717, 1.165) is 0 Å². The third-order valence-electron chi connectivity index (χ3n) is 0.428. The maximum Gasteiger partial charge on any atom is 0.0501 e. The molecule has 0 aromatic carbocycles. The zero-order valence-electron chi connectivity index (χ0n) is 5.46. The summed E-state index contributed by atoms with van der Waals surface area (Å²) in [6.07, 6.45) is 4.26. The van der Waals surface area contributed by atoms with Gasteiger partial charge in [-0.1, -0.05) is 21.6 Å². The highest BCUT2D eigenvalue weighted by Gasteiger charge is 1.87. The number of rotatable bonds is 6. The Bertz CT molecular complexity index is 42.2. The van der Waals surface area contributed by atoms with Gasteiger partial charge in [-0.2, -0.15) is 23.5 Å². The summed E-state index contributed by atoms with van der Waals surface area (Å²) in [6, 6.07) is 0. The van der Waals surface area contributed by atoms with E-state index in [0.29, 0.717) is 0 Å². The third kappa shape index (κ3) is 9.75. The fraction of sp³-hybridized carbons (Fsp3) is 1.00. The molecule has 0 bridgehead atoms. The largest absolute Gasteiger partial charge is 0.154 e. The summed E-state index contributed by atoms with van der Waals surface area (Å²) in [6.45, 7) is 0. The van der Waals surface area contributed by atoms with Crippen LogP contribution in [0.25, 0.3) is 0 Å². The molecule has 0 spiro atoms. The van der Waals surface area contributed by atoms with Gasteiger partial charge < -0.3 is 0 Å². The summed E-state index contributed by atoms with van der Waals surface area (Å²) < 4.78 is 0. The van der Waals surface area contributed by atoms with Crippen LogP contribution in [0.3, 0.4) is 0 Å². The predicted octanol–water partition coefficient (Wildman–Crippen LogP) is 3.66. The first-order valence-corrected chi connectivity index (χ1v) is 8.91. The maximum atomic E-state index is 2.13. The Hall–Kier alpha value is 1.75. The van der Waals surface area contributed by atoms with Crippen molar-refractivity contribution < 1.29 is 0 Å². The van der Waals surface area contributed by atoms with Crippen molar-refractivity contribution in [3.63, 3.8) is 0 Å². The standard InChI is InChI=1S/C4H10S5/c1-5-3-7-9-8-4-6-2/h3-4H2,1-2H3. The lowest BCUT2D eigenvalue weighted by Crippen LogP contribution is -1.60. The van der Waals surface area contributed by atoms with E-state index in [1.807, 2.05) is 54.9 Å². The van der Waals surface area contributed by atoms with Crippen molar-refractivity contribution in [2.45, 2.75) is 0 Å². The third-order valence-corrected chi connectivity index (χ3v) is 7.32. The molecule has 56 valence electrons. The Morgan fingerprint density at radius 1 is 0.889 bits per heavy atom. The number of hydrogen-bond donors (Lipinski definition) is 0. The molecule has 0 amide bonds. The molecule has 0 saturated carbocycles. The van der Waals surface area contributed by atoms with Crippen molar-refractivity contribution in [2.24, 2.45) is 0 Å². The van der Waals surface area contributed by atoms with Crippen molar-refractivity contribution in [3.05, 3.63) is 0 Å². The Morgan fingerprint density at radius 2 is 1.33 bits per heavy atom. The molecule has 0 aliphatic rings. The molecule has 0 aromatic rings. The average Bonchev–Trinajstić information content (AvgIpc) is 1.89. The Kier molecular flexibility index (Phi) is 11.6. The molecule has 9 heavy (non-hydrogen) atoms. The first-order valence-electron chi connectivity index (χ1n) is 2.30. The lowest BCUT2D eigenvalue weighted by atomic mass is 11.9. The second-order valence-electron chi connectivity index (χ2n) is 1.12. The maximum absolute atomic E-state index is 2.13. The van der Waals surface area contributed by atoms with Gasteiger partial charge in [0, 0.05) is 0 Å². The van der Waals surface area contributed by atoms with E-state index >= 15 is 0 Å². The summed E-state index contributed by atoms with van der Waals surface area (Å²) in [5.41, 5.74) is 0. The van der Waals surface area contributed by atoms with Gasteiger partial charge in [0.1, 0.15) is 0 Å². The van der Waals surface area contributed by atoms with Crippen molar-refractivity contribution in [1.82, 2.24) is 0 Å². The van der Waals surface area contributed by atoms with E-state index in [1.165, 1.54) is 10.2 Å². The topological polar surface area (TPSA) is 0 Å². The van der Waals surface area contributed by atoms with Gasteiger partial charge in [0.05, 0.1) is 10.2 Å². The monoisotopic (exact) mass is 218 g/mol. The van der Waals surface area contributed by atoms with Crippen molar-refractivity contribution in [3.8, 4) is 0 Å². The van der Waals surface area contributed by atoms with Crippen LogP contribution in [0.2, 0.25) is 0 Å². The highest BCUT2D eigenvalue weighted by Crippen LogP contribution is 2.37. The minimum atomic E-state index is 1.20. The molecule has 0 aromatic heterocycles. The lowest BCUT2D eigenvalue weighted by molar-refractivity contribution is 2.25. The smallest absolute Gasteiger partial charge is 0.0501 e. The first kappa shape index (κ1) is 10.8. The average molecular weight is 218 g/mol. The van der Waals surface area contributed by atoms with E-state index in [-0.39, 0.29) is 0 Å². The van der Waals surface area contributed by atoms with Crippen LogP contribution in [0.5, 0.6) is 0 Å². The van der Waals surface area contributed by atoms with E-state index in [9.17, 15) is 0 Å². The molecule has 5 heteroatoms. The molecule has 0 radical (unpaired) electrons. The highest BCUT2D eigenvalue weighted by molar-refractivity contribution is 9.10. The molecule has 0 heterocycles. The molecule has 0 unspecified atom stereocenters. The Balaban J connectivity index is 2.60. The highest BCUT2D eigenvalue weighted by atomic mass is 33.5. The summed E-state index contributed by atoms with van der Waals surface area (Å²) in [7, 11) is 5.74. The van der Waals surface area contributed by atoms with Gasteiger partial charge in [-0.15, -0.1) is 0 Å². The fourth-order valence-electron chi connectivity index (χ4n) is 0.170. The second-order valence-corrected chi connectivity index (χ2v) is 7.81. The van der Waals surface area contributed by atoms with Crippen LogP contribution < -0.4 is 0 Å². The van der Waals surface area contributed by atoms with Crippen LogP contribution in [-0.2, 0) is 0 Å². The Morgan fingerprint density at radius 3 is 1.67 bits per heavy atom. The molecule has 0 nitrogen and oxygen atoms in total. The van der Waals surface area contributed by atoms with E-state index in [4.69, 9.17) is 0 Å². The first-order chi connectivity index (χ1) is 4.41. The Labute approximate surface area is 77.2 Å². The minimum Gasteiger partial charge on any atom is -0.154 e. The molecular formula is C4H10S5. The molecule has 0 atom stereocenters. The summed E-state index contributed by atoms with van der Waals surface area (Å²) in [5.74, 6) is 0. The normalized spacial score (nSPS) is 10.0. The van der Waals surface area contributed by atoms with Gasteiger partial charge in [0.25, 0.3) is 0 Å². The van der Waals surface area contributed by atoms with Crippen molar-refractivity contribution in [1.29, 1.82) is 0 Å². The minimum absolute atomic E-state index is 1.20. The zero-order chi connectivity index (χ0) is 6.95. The van der Waals surface area contributed by atoms with E-state index in [1.54, 1.807) is 0 Å².